The molecule has 0 aliphatic carbocycles. The van der Waals surface area contributed by atoms with Gasteiger partial charge in [-0.05, 0) is 61.3 Å². The first-order chi connectivity index (χ1) is 21.3. The number of aliphatic hydroxyl groups excluding tert-OH is 1. The molecule has 0 bridgehead atoms. The summed E-state index contributed by atoms with van der Waals surface area (Å²) in [4.78, 5) is 0. The van der Waals surface area contributed by atoms with Crippen molar-refractivity contribution in [2.45, 2.75) is 78.6 Å². The van der Waals surface area contributed by atoms with Crippen LogP contribution in [0.2, 0.25) is 0 Å². The summed E-state index contributed by atoms with van der Waals surface area (Å²) >= 11 is 0. The maximum atomic E-state index is 8.60. The normalized spacial score (nSPS) is 11.4. The first-order valence-corrected chi connectivity index (χ1v) is 16.7. The van der Waals surface area contributed by atoms with Crippen molar-refractivity contribution in [1.82, 2.24) is 0 Å². The van der Waals surface area contributed by atoms with E-state index in [4.69, 9.17) is 43.0 Å². The van der Waals surface area contributed by atoms with Crippen LogP contribution in [0.1, 0.15) is 76.0 Å². The lowest BCUT2D eigenvalue weighted by atomic mass is 9.90. The van der Waals surface area contributed by atoms with Gasteiger partial charge in [-0.25, -0.2) is 0 Å². The minimum atomic E-state index is 0.0316. The Hall–Kier alpha value is -1.30. The first kappa shape index (κ1) is 39.7. The Morgan fingerprint density at radius 2 is 0.814 bits per heavy atom. The van der Waals surface area contributed by atoms with E-state index in [0.717, 1.165) is 25.0 Å². The van der Waals surface area contributed by atoms with E-state index in [1.807, 2.05) is 0 Å². The van der Waals surface area contributed by atoms with Crippen LogP contribution in [0.15, 0.2) is 12.1 Å². The number of aliphatic hydroxyl groups is 1. The van der Waals surface area contributed by atoms with E-state index in [9.17, 15) is 0 Å². The molecule has 1 aromatic carbocycles. The number of benzene rings is 1. The molecule has 0 heterocycles. The third-order valence-corrected chi connectivity index (χ3v) is 6.80. The molecule has 252 valence electrons. The van der Waals surface area contributed by atoms with Crippen molar-refractivity contribution < 1.29 is 43.0 Å². The van der Waals surface area contributed by atoms with Crippen LogP contribution in [0.25, 0.3) is 0 Å². The van der Waals surface area contributed by atoms with E-state index in [2.05, 4.69) is 32.9 Å². The second-order valence-corrected chi connectivity index (χ2v) is 10.3. The number of hydrogen-bond donors (Lipinski definition) is 1. The second kappa shape index (κ2) is 30.7. The fourth-order valence-corrected chi connectivity index (χ4v) is 4.45. The highest BCUT2D eigenvalue weighted by molar-refractivity contribution is 5.46. The lowest BCUT2D eigenvalue weighted by Crippen LogP contribution is -2.15. The van der Waals surface area contributed by atoms with Gasteiger partial charge >= 0.3 is 0 Å². The van der Waals surface area contributed by atoms with Crippen LogP contribution in [0, 0.1) is 0 Å². The highest BCUT2D eigenvalue weighted by Gasteiger charge is 2.14. The highest BCUT2D eigenvalue weighted by atomic mass is 16.6. The zero-order valence-corrected chi connectivity index (χ0v) is 27.5. The topological polar surface area (TPSA) is 94.1 Å². The van der Waals surface area contributed by atoms with E-state index in [1.54, 1.807) is 0 Å². The summed E-state index contributed by atoms with van der Waals surface area (Å²) in [5, 5.41) is 8.60. The van der Waals surface area contributed by atoms with Crippen LogP contribution >= 0.6 is 0 Å². The van der Waals surface area contributed by atoms with Gasteiger partial charge in [-0.2, -0.15) is 0 Å². The van der Waals surface area contributed by atoms with Gasteiger partial charge in [-0.15, -0.1) is 0 Å². The predicted octanol–water partition coefficient (Wildman–Crippen LogP) is 5.20. The van der Waals surface area contributed by atoms with Crippen LogP contribution in [0.5, 0.6) is 5.75 Å². The average Bonchev–Trinajstić information content (AvgIpc) is 3.02. The molecule has 0 fully saturated rings. The number of aryl methyl sites for hydroxylation is 1. The van der Waals surface area contributed by atoms with E-state index < -0.39 is 0 Å². The largest absolute Gasteiger partial charge is 0.491 e. The van der Waals surface area contributed by atoms with Gasteiger partial charge < -0.3 is 43.0 Å². The van der Waals surface area contributed by atoms with Crippen molar-refractivity contribution in [2.75, 3.05) is 106 Å². The molecule has 0 aliphatic heterocycles. The molecule has 0 amide bonds. The van der Waals surface area contributed by atoms with Gasteiger partial charge in [0.05, 0.1) is 99.1 Å². The molecule has 1 aromatic rings. The zero-order valence-electron chi connectivity index (χ0n) is 27.5. The van der Waals surface area contributed by atoms with Crippen LogP contribution < -0.4 is 4.74 Å². The number of rotatable bonds is 33. The monoisotopic (exact) mass is 614 g/mol. The molecule has 0 radical (unpaired) electrons. The van der Waals surface area contributed by atoms with Gasteiger partial charge in [0.1, 0.15) is 12.4 Å². The molecular formula is C34H62O9. The van der Waals surface area contributed by atoms with Crippen molar-refractivity contribution in [2.24, 2.45) is 0 Å². The van der Waals surface area contributed by atoms with Crippen LogP contribution in [-0.4, -0.2) is 111 Å². The van der Waals surface area contributed by atoms with Crippen LogP contribution in [0.4, 0.5) is 0 Å². The van der Waals surface area contributed by atoms with E-state index in [1.165, 1.54) is 55.2 Å². The van der Waals surface area contributed by atoms with E-state index in [0.29, 0.717) is 99.1 Å². The second-order valence-electron chi connectivity index (χ2n) is 10.3. The van der Waals surface area contributed by atoms with Crippen molar-refractivity contribution in [3.63, 3.8) is 0 Å². The summed E-state index contributed by atoms with van der Waals surface area (Å²) in [6.07, 6.45) is 10.7. The van der Waals surface area contributed by atoms with Gasteiger partial charge in [0.15, 0.2) is 0 Å². The summed E-state index contributed by atoms with van der Waals surface area (Å²) in [5.74, 6) is 1.04. The third-order valence-electron chi connectivity index (χ3n) is 6.80. The van der Waals surface area contributed by atoms with Gasteiger partial charge in [-0.1, -0.05) is 46.1 Å². The SMILES string of the molecule is CCCCc1ccc(OCCOCCOCCOCCOCCOCCOCCOCCO)c(CCCC)c1CCCC. The Morgan fingerprint density at radius 1 is 0.442 bits per heavy atom. The van der Waals surface area contributed by atoms with Crippen LogP contribution in [-0.2, 0) is 52.4 Å². The summed E-state index contributed by atoms with van der Waals surface area (Å²) in [6, 6.07) is 4.48. The first-order valence-electron chi connectivity index (χ1n) is 16.7. The van der Waals surface area contributed by atoms with Gasteiger partial charge in [0.2, 0.25) is 0 Å². The molecule has 0 atom stereocenters. The molecule has 0 unspecified atom stereocenters. The fourth-order valence-electron chi connectivity index (χ4n) is 4.45. The Kier molecular flexibility index (Phi) is 28.4. The van der Waals surface area contributed by atoms with Crippen molar-refractivity contribution in [3.05, 3.63) is 28.8 Å². The number of hydrogen-bond acceptors (Lipinski definition) is 9. The fraction of sp³-hybridized carbons (Fsp3) is 0.824. The molecule has 43 heavy (non-hydrogen) atoms. The maximum Gasteiger partial charge on any atom is 0.122 e. The molecule has 1 N–H and O–H groups in total. The number of ether oxygens (including phenoxy) is 8. The van der Waals surface area contributed by atoms with Crippen LogP contribution in [0.3, 0.4) is 0 Å². The molecule has 0 saturated carbocycles. The van der Waals surface area contributed by atoms with Crippen molar-refractivity contribution in [3.8, 4) is 5.75 Å². The Labute approximate surface area is 261 Å². The van der Waals surface area contributed by atoms with Gasteiger partial charge in [-0.3, -0.25) is 0 Å². The Balaban J connectivity index is 2.05. The smallest absolute Gasteiger partial charge is 0.122 e. The summed E-state index contributed by atoms with van der Waals surface area (Å²) in [5.41, 5.74) is 4.47. The van der Waals surface area contributed by atoms with E-state index in [-0.39, 0.29) is 6.61 Å². The molecule has 9 heteroatoms. The summed E-state index contributed by atoms with van der Waals surface area (Å²) in [6.45, 7) is 14.5. The standard InChI is InChI=1S/C34H62O9/c1-4-7-10-31-13-14-34(33(12-9-6-3)32(31)11-8-5-2)43-30-29-42-28-27-41-26-25-40-24-23-39-22-21-38-20-19-37-18-17-36-16-15-35/h13-14,35H,4-12,15-30H2,1-3H3. The summed E-state index contributed by atoms with van der Waals surface area (Å²) in [7, 11) is 0. The molecule has 0 aromatic heterocycles. The van der Waals surface area contributed by atoms with Gasteiger partial charge in [0.25, 0.3) is 0 Å². The summed E-state index contributed by atoms with van der Waals surface area (Å²) < 4.78 is 44.5. The predicted molar refractivity (Wildman–Crippen MR) is 171 cm³/mol. The zero-order chi connectivity index (χ0) is 31.1. The molecule has 0 saturated heterocycles. The maximum absolute atomic E-state index is 8.60. The lowest BCUT2D eigenvalue weighted by molar-refractivity contribution is -0.0221. The quantitative estimate of drug-likeness (QED) is 0.107. The molecule has 9 nitrogen and oxygen atoms in total. The molecular weight excluding hydrogens is 552 g/mol. The molecule has 1 rings (SSSR count). The van der Waals surface area contributed by atoms with E-state index >= 15 is 0 Å². The van der Waals surface area contributed by atoms with Gasteiger partial charge in [0, 0.05) is 0 Å². The lowest BCUT2D eigenvalue weighted by Gasteiger charge is -2.19. The molecule has 0 spiro atoms. The Morgan fingerprint density at radius 3 is 1.23 bits per heavy atom. The highest BCUT2D eigenvalue weighted by Crippen LogP contribution is 2.30. The number of unbranched alkanes of at least 4 members (excludes halogenated alkanes) is 3. The molecule has 0 aliphatic rings. The minimum absolute atomic E-state index is 0.0316. The Bertz CT molecular complexity index is 732. The third kappa shape index (κ3) is 21.9. The minimum Gasteiger partial charge on any atom is -0.491 e. The van der Waals surface area contributed by atoms with Crippen molar-refractivity contribution >= 4 is 0 Å². The average molecular weight is 615 g/mol. The van der Waals surface area contributed by atoms with Crippen molar-refractivity contribution in [1.29, 1.82) is 0 Å².